The fourth-order valence-corrected chi connectivity index (χ4v) is 2.50. The summed E-state index contributed by atoms with van der Waals surface area (Å²) in [6, 6.07) is 6.31. The third-order valence-corrected chi connectivity index (χ3v) is 4.23. The molecule has 6 nitrogen and oxygen atoms in total. The number of nitrogens with one attached hydrogen (secondary N) is 1. The Bertz CT molecular complexity index is 521. The van der Waals surface area contributed by atoms with Crippen LogP contribution in [0.25, 0.3) is 0 Å². The van der Waals surface area contributed by atoms with Crippen LogP contribution in [-0.2, 0) is 19.5 Å². The van der Waals surface area contributed by atoms with E-state index in [1.54, 1.807) is 19.2 Å². The minimum atomic E-state index is -3.64. The van der Waals surface area contributed by atoms with Gasteiger partial charge in [-0.1, -0.05) is 0 Å². The first kappa shape index (κ1) is 14.3. The highest BCUT2D eigenvalue weighted by Crippen LogP contribution is 2.23. The average Bonchev–Trinajstić information content (AvgIpc) is 2.85. The smallest absolute Gasteiger partial charge is 0.238 e. The van der Waals surface area contributed by atoms with Gasteiger partial charge in [0, 0.05) is 32.4 Å². The maximum Gasteiger partial charge on any atom is 0.238 e. The van der Waals surface area contributed by atoms with E-state index in [1.807, 2.05) is 0 Å². The van der Waals surface area contributed by atoms with Crippen molar-refractivity contribution in [2.45, 2.75) is 16.9 Å². The van der Waals surface area contributed by atoms with Gasteiger partial charge in [0.25, 0.3) is 0 Å². The van der Waals surface area contributed by atoms with E-state index in [0.717, 1.165) is 12.1 Å². The van der Waals surface area contributed by atoms with Gasteiger partial charge in [-0.15, -0.1) is 0 Å². The fraction of sp³-hybridized carbons (Fsp3) is 0.500. The van der Waals surface area contributed by atoms with Gasteiger partial charge in [0.1, 0.15) is 5.60 Å². The molecular weight excluding hydrogens is 268 g/mol. The summed E-state index contributed by atoms with van der Waals surface area (Å²) in [6.45, 7) is 1.86. The molecule has 1 heterocycles. The van der Waals surface area contributed by atoms with Crippen LogP contribution >= 0.6 is 0 Å². The Balaban J connectivity index is 2.00. The van der Waals surface area contributed by atoms with Crippen LogP contribution in [0.15, 0.2) is 29.2 Å². The summed E-state index contributed by atoms with van der Waals surface area (Å²) in [5.41, 5.74) is 0.509. The van der Waals surface area contributed by atoms with E-state index in [9.17, 15) is 8.42 Å². The lowest BCUT2D eigenvalue weighted by Gasteiger charge is -2.26. The molecular formula is C12H18N2O4S. The van der Waals surface area contributed by atoms with Crippen molar-refractivity contribution in [1.82, 2.24) is 0 Å². The van der Waals surface area contributed by atoms with Crippen LogP contribution in [0.3, 0.4) is 0 Å². The van der Waals surface area contributed by atoms with Crippen LogP contribution in [0.2, 0.25) is 0 Å². The maximum absolute atomic E-state index is 11.1. The third-order valence-electron chi connectivity index (χ3n) is 3.30. The number of ether oxygens (including phenoxy) is 2. The molecule has 0 amide bonds. The number of benzene rings is 1. The molecule has 1 aliphatic rings. The van der Waals surface area contributed by atoms with Crippen molar-refractivity contribution >= 4 is 15.7 Å². The van der Waals surface area contributed by atoms with Gasteiger partial charge >= 0.3 is 0 Å². The predicted octanol–water partition coefficient (Wildman–Crippen LogP) is 0.551. The molecule has 19 heavy (non-hydrogen) atoms. The van der Waals surface area contributed by atoms with Gasteiger partial charge in [-0.2, -0.15) is 0 Å². The van der Waals surface area contributed by atoms with Gasteiger partial charge < -0.3 is 14.8 Å². The normalized spacial score (nSPS) is 23.5. The molecule has 1 fully saturated rings. The SMILES string of the molecule is COC1(CNc2ccc(S(N)(=O)=O)cc2)CCOC1. The predicted molar refractivity (Wildman–Crippen MR) is 71.5 cm³/mol. The minimum absolute atomic E-state index is 0.101. The van der Waals surface area contributed by atoms with Crippen molar-refractivity contribution in [3.8, 4) is 0 Å². The first-order valence-electron chi connectivity index (χ1n) is 5.95. The lowest BCUT2D eigenvalue weighted by atomic mass is 10.0. The second-order valence-electron chi connectivity index (χ2n) is 4.61. The van der Waals surface area contributed by atoms with E-state index in [4.69, 9.17) is 14.6 Å². The summed E-state index contributed by atoms with van der Waals surface area (Å²) in [5, 5.41) is 8.25. The fourth-order valence-electron chi connectivity index (χ4n) is 1.99. The third kappa shape index (κ3) is 3.44. The van der Waals surface area contributed by atoms with Crippen LogP contribution in [0.5, 0.6) is 0 Å². The summed E-state index contributed by atoms with van der Waals surface area (Å²) < 4.78 is 33.1. The molecule has 1 unspecified atom stereocenters. The van der Waals surface area contributed by atoms with E-state index in [1.165, 1.54) is 12.1 Å². The molecule has 1 saturated heterocycles. The van der Waals surface area contributed by atoms with Gasteiger partial charge in [-0.25, -0.2) is 13.6 Å². The van der Waals surface area contributed by atoms with Gasteiger partial charge in [0.05, 0.1) is 11.5 Å². The monoisotopic (exact) mass is 286 g/mol. The first-order chi connectivity index (χ1) is 8.95. The zero-order chi connectivity index (χ0) is 13.9. The molecule has 1 atom stereocenters. The summed E-state index contributed by atoms with van der Waals surface area (Å²) in [4.78, 5) is 0.101. The Hall–Kier alpha value is -1.15. The Kier molecular flexibility index (Phi) is 4.10. The van der Waals surface area contributed by atoms with Crippen LogP contribution in [0.1, 0.15) is 6.42 Å². The lowest BCUT2D eigenvalue weighted by Crippen LogP contribution is -2.39. The minimum Gasteiger partial charge on any atom is -0.382 e. The second kappa shape index (κ2) is 5.46. The largest absolute Gasteiger partial charge is 0.382 e. The van der Waals surface area contributed by atoms with Gasteiger partial charge in [0.15, 0.2) is 0 Å². The molecule has 2 rings (SSSR count). The molecule has 1 aromatic rings. The van der Waals surface area contributed by atoms with Gasteiger partial charge in [-0.05, 0) is 24.3 Å². The maximum atomic E-state index is 11.1. The zero-order valence-corrected chi connectivity index (χ0v) is 11.6. The van der Waals surface area contributed by atoms with Gasteiger partial charge in [0.2, 0.25) is 10.0 Å². The summed E-state index contributed by atoms with van der Waals surface area (Å²) in [6.07, 6.45) is 0.839. The topological polar surface area (TPSA) is 90.6 Å². The van der Waals surface area contributed by atoms with Crippen molar-refractivity contribution in [1.29, 1.82) is 0 Å². The van der Waals surface area contributed by atoms with Crippen molar-refractivity contribution in [2.75, 3.05) is 32.2 Å². The van der Waals surface area contributed by atoms with Gasteiger partial charge in [-0.3, -0.25) is 0 Å². The number of hydrogen-bond donors (Lipinski definition) is 2. The number of rotatable bonds is 5. The first-order valence-corrected chi connectivity index (χ1v) is 7.49. The van der Waals surface area contributed by atoms with Crippen LogP contribution in [0.4, 0.5) is 5.69 Å². The number of anilines is 1. The van der Waals surface area contributed by atoms with Crippen molar-refractivity contribution in [2.24, 2.45) is 5.14 Å². The average molecular weight is 286 g/mol. The molecule has 0 bridgehead atoms. The summed E-state index contributed by atoms with van der Waals surface area (Å²) in [5.74, 6) is 0. The highest BCUT2D eigenvalue weighted by Gasteiger charge is 2.34. The second-order valence-corrected chi connectivity index (χ2v) is 6.17. The quantitative estimate of drug-likeness (QED) is 0.825. The summed E-state index contributed by atoms with van der Waals surface area (Å²) in [7, 11) is -1.97. The number of hydrogen-bond acceptors (Lipinski definition) is 5. The zero-order valence-electron chi connectivity index (χ0n) is 10.8. The highest BCUT2D eigenvalue weighted by atomic mass is 32.2. The van der Waals surface area contributed by atoms with Crippen LogP contribution in [0, 0.1) is 0 Å². The van der Waals surface area contributed by atoms with E-state index in [-0.39, 0.29) is 10.5 Å². The molecule has 7 heteroatoms. The molecule has 0 spiro atoms. The number of primary sulfonamides is 1. The molecule has 1 aromatic carbocycles. The van der Waals surface area contributed by atoms with E-state index >= 15 is 0 Å². The highest BCUT2D eigenvalue weighted by molar-refractivity contribution is 7.89. The van der Waals surface area contributed by atoms with Crippen molar-refractivity contribution in [3.63, 3.8) is 0 Å². The van der Waals surface area contributed by atoms with Crippen LogP contribution in [-0.4, -0.2) is 40.9 Å². The Morgan fingerprint density at radius 3 is 2.58 bits per heavy atom. The molecule has 0 radical (unpaired) electrons. The van der Waals surface area contributed by atoms with E-state index < -0.39 is 10.0 Å². The summed E-state index contributed by atoms with van der Waals surface area (Å²) >= 11 is 0. The molecule has 106 valence electrons. The Labute approximate surface area is 112 Å². The molecule has 3 N–H and O–H groups in total. The molecule has 0 aromatic heterocycles. The molecule has 0 aliphatic carbocycles. The van der Waals surface area contributed by atoms with Crippen molar-refractivity contribution in [3.05, 3.63) is 24.3 Å². The molecule has 0 saturated carbocycles. The van der Waals surface area contributed by atoms with Crippen LogP contribution < -0.4 is 10.5 Å². The van der Waals surface area contributed by atoms with Crippen molar-refractivity contribution < 1.29 is 17.9 Å². The molecule has 1 aliphatic heterocycles. The number of methoxy groups -OCH3 is 1. The Morgan fingerprint density at radius 1 is 1.42 bits per heavy atom. The lowest BCUT2D eigenvalue weighted by molar-refractivity contribution is -0.00619. The van der Waals surface area contributed by atoms with E-state index in [2.05, 4.69) is 5.32 Å². The Morgan fingerprint density at radius 2 is 2.11 bits per heavy atom. The standard InChI is InChI=1S/C12H18N2O4S/c1-17-12(6-7-18-9-12)8-14-10-2-4-11(5-3-10)19(13,15)16/h2-5,14H,6-9H2,1H3,(H2,13,15,16). The van der Waals surface area contributed by atoms with E-state index in [0.29, 0.717) is 19.8 Å². The number of sulfonamides is 1. The number of nitrogens with two attached hydrogens (primary N) is 1.